The van der Waals surface area contributed by atoms with Crippen LogP contribution in [0.15, 0.2) is 18.3 Å². The molecule has 1 rings (SSSR count). The third-order valence-electron chi connectivity index (χ3n) is 1.53. The molecule has 0 aliphatic heterocycles. The molecular weight excluding hydrogens is 142 g/mol. The average molecular weight is 151 g/mol. The maximum Gasteiger partial charge on any atom is 0.241 e. The van der Waals surface area contributed by atoms with Crippen molar-refractivity contribution in [2.24, 2.45) is 0 Å². The SMILES string of the molecule is CCn1cccc1C(=O)C=O. The van der Waals surface area contributed by atoms with Gasteiger partial charge in [-0.3, -0.25) is 9.59 Å². The van der Waals surface area contributed by atoms with Gasteiger partial charge in [0, 0.05) is 12.7 Å². The van der Waals surface area contributed by atoms with Crippen LogP contribution in [0.4, 0.5) is 0 Å². The van der Waals surface area contributed by atoms with Crippen LogP contribution < -0.4 is 0 Å². The van der Waals surface area contributed by atoms with Gasteiger partial charge in [-0.15, -0.1) is 0 Å². The number of aldehydes is 1. The maximum atomic E-state index is 10.9. The van der Waals surface area contributed by atoms with Gasteiger partial charge >= 0.3 is 0 Å². The number of carbonyl (C=O) groups is 2. The predicted octanol–water partition coefficient (Wildman–Crippen LogP) is 0.890. The van der Waals surface area contributed by atoms with Gasteiger partial charge in [0.15, 0.2) is 6.29 Å². The summed E-state index contributed by atoms with van der Waals surface area (Å²) in [5.41, 5.74) is 0.461. The summed E-state index contributed by atoms with van der Waals surface area (Å²) in [6.07, 6.45) is 2.11. The second kappa shape index (κ2) is 3.14. The van der Waals surface area contributed by atoms with Gasteiger partial charge < -0.3 is 4.57 Å². The highest BCUT2D eigenvalue weighted by Crippen LogP contribution is 2.01. The quantitative estimate of drug-likeness (QED) is 0.365. The first-order valence-electron chi connectivity index (χ1n) is 3.44. The number of hydrogen-bond acceptors (Lipinski definition) is 2. The second-order valence-corrected chi connectivity index (χ2v) is 2.16. The summed E-state index contributed by atoms with van der Waals surface area (Å²) in [5.74, 6) is -0.461. The molecule has 0 atom stereocenters. The van der Waals surface area contributed by atoms with Crippen molar-refractivity contribution < 1.29 is 9.59 Å². The highest BCUT2D eigenvalue weighted by Gasteiger charge is 2.06. The van der Waals surface area contributed by atoms with Crippen LogP contribution >= 0.6 is 0 Å². The van der Waals surface area contributed by atoms with Crippen molar-refractivity contribution in [1.82, 2.24) is 4.57 Å². The fraction of sp³-hybridized carbons (Fsp3) is 0.250. The molecule has 0 spiro atoms. The van der Waals surface area contributed by atoms with Crippen LogP contribution in [-0.2, 0) is 11.3 Å². The van der Waals surface area contributed by atoms with Crippen LogP contribution in [0.1, 0.15) is 17.4 Å². The van der Waals surface area contributed by atoms with E-state index in [1.807, 2.05) is 6.92 Å². The molecule has 1 aromatic heterocycles. The van der Waals surface area contributed by atoms with E-state index in [9.17, 15) is 9.59 Å². The standard InChI is InChI=1S/C8H9NO2/c1-2-9-5-3-4-7(9)8(11)6-10/h3-6H,2H2,1H3. The number of rotatable bonds is 3. The van der Waals surface area contributed by atoms with Crippen LogP contribution in [0.5, 0.6) is 0 Å². The third kappa shape index (κ3) is 1.37. The lowest BCUT2D eigenvalue weighted by atomic mass is 10.3. The van der Waals surface area contributed by atoms with Gasteiger partial charge in [0.25, 0.3) is 0 Å². The van der Waals surface area contributed by atoms with Crippen molar-refractivity contribution >= 4 is 12.1 Å². The van der Waals surface area contributed by atoms with Crippen molar-refractivity contribution in [3.05, 3.63) is 24.0 Å². The molecule has 0 aromatic carbocycles. The molecule has 1 heterocycles. The highest BCUT2D eigenvalue weighted by atomic mass is 16.2. The fourth-order valence-corrected chi connectivity index (χ4v) is 0.974. The number of aryl methyl sites for hydroxylation is 1. The number of Topliss-reactive ketones (excluding diaryl/α,β-unsaturated/α-hetero) is 1. The summed E-state index contributed by atoms with van der Waals surface area (Å²) < 4.78 is 1.73. The monoisotopic (exact) mass is 151 g/mol. The Bertz CT molecular complexity index is 275. The number of ketones is 1. The number of nitrogens with zero attached hydrogens (tertiary/aromatic N) is 1. The smallest absolute Gasteiger partial charge is 0.241 e. The Morgan fingerprint density at radius 2 is 2.45 bits per heavy atom. The molecular formula is C8H9NO2. The second-order valence-electron chi connectivity index (χ2n) is 2.16. The van der Waals surface area contributed by atoms with E-state index in [4.69, 9.17) is 0 Å². The average Bonchev–Trinajstić information content (AvgIpc) is 2.50. The first-order chi connectivity index (χ1) is 5.29. The number of hydrogen-bond donors (Lipinski definition) is 0. The molecule has 58 valence electrons. The molecule has 0 fully saturated rings. The van der Waals surface area contributed by atoms with Crippen molar-refractivity contribution in [1.29, 1.82) is 0 Å². The Morgan fingerprint density at radius 1 is 1.73 bits per heavy atom. The molecule has 3 heteroatoms. The van der Waals surface area contributed by atoms with E-state index in [-0.39, 0.29) is 0 Å². The minimum atomic E-state index is -0.461. The van der Waals surface area contributed by atoms with E-state index < -0.39 is 5.78 Å². The summed E-state index contributed by atoms with van der Waals surface area (Å²) in [5, 5.41) is 0. The highest BCUT2D eigenvalue weighted by molar-refractivity contribution is 6.32. The molecule has 0 saturated heterocycles. The van der Waals surface area contributed by atoms with Gasteiger partial charge in [0.05, 0.1) is 5.69 Å². The predicted molar refractivity (Wildman–Crippen MR) is 40.5 cm³/mol. The molecule has 0 amide bonds. The summed E-state index contributed by atoms with van der Waals surface area (Å²) in [6, 6.07) is 3.39. The lowest BCUT2D eigenvalue weighted by molar-refractivity contribution is -0.104. The van der Waals surface area contributed by atoms with Gasteiger partial charge in [-0.05, 0) is 19.1 Å². The van der Waals surface area contributed by atoms with Crippen molar-refractivity contribution in [3.63, 3.8) is 0 Å². The number of aromatic nitrogens is 1. The molecule has 0 N–H and O–H groups in total. The molecule has 0 unspecified atom stereocenters. The van der Waals surface area contributed by atoms with E-state index in [0.29, 0.717) is 18.5 Å². The molecule has 1 aromatic rings. The summed E-state index contributed by atoms with van der Waals surface area (Å²) in [4.78, 5) is 21.0. The van der Waals surface area contributed by atoms with Gasteiger partial charge in [-0.2, -0.15) is 0 Å². The maximum absolute atomic E-state index is 10.9. The van der Waals surface area contributed by atoms with E-state index in [0.717, 1.165) is 0 Å². The van der Waals surface area contributed by atoms with Crippen molar-refractivity contribution in [3.8, 4) is 0 Å². The molecule has 0 saturated carbocycles. The van der Waals surface area contributed by atoms with Gasteiger partial charge in [-0.1, -0.05) is 0 Å². The topological polar surface area (TPSA) is 39.1 Å². The molecule has 0 aliphatic carbocycles. The Morgan fingerprint density at radius 3 is 3.00 bits per heavy atom. The Balaban J connectivity index is 3.01. The lowest BCUT2D eigenvalue weighted by Crippen LogP contribution is -2.07. The largest absolute Gasteiger partial charge is 0.345 e. The minimum absolute atomic E-state index is 0.335. The third-order valence-corrected chi connectivity index (χ3v) is 1.53. The van der Waals surface area contributed by atoms with E-state index in [2.05, 4.69) is 0 Å². The summed E-state index contributed by atoms with van der Waals surface area (Å²) in [7, 11) is 0. The normalized spacial score (nSPS) is 9.55. The van der Waals surface area contributed by atoms with Crippen molar-refractivity contribution in [2.75, 3.05) is 0 Å². The number of carbonyl (C=O) groups excluding carboxylic acids is 2. The van der Waals surface area contributed by atoms with Crippen LogP contribution in [0.25, 0.3) is 0 Å². The van der Waals surface area contributed by atoms with E-state index >= 15 is 0 Å². The molecule has 11 heavy (non-hydrogen) atoms. The van der Waals surface area contributed by atoms with Crippen LogP contribution in [0.2, 0.25) is 0 Å². The lowest BCUT2D eigenvalue weighted by Gasteiger charge is -1.99. The zero-order chi connectivity index (χ0) is 8.27. The first kappa shape index (κ1) is 7.72. The van der Waals surface area contributed by atoms with Crippen LogP contribution in [0.3, 0.4) is 0 Å². The van der Waals surface area contributed by atoms with Crippen LogP contribution in [0, 0.1) is 0 Å². The fourth-order valence-electron chi connectivity index (χ4n) is 0.974. The van der Waals surface area contributed by atoms with E-state index in [1.165, 1.54) is 0 Å². The zero-order valence-corrected chi connectivity index (χ0v) is 6.28. The molecule has 0 bridgehead atoms. The minimum Gasteiger partial charge on any atom is -0.345 e. The van der Waals surface area contributed by atoms with Gasteiger partial charge in [-0.25, -0.2) is 0 Å². The van der Waals surface area contributed by atoms with Gasteiger partial charge in [0.1, 0.15) is 0 Å². The van der Waals surface area contributed by atoms with Crippen LogP contribution in [-0.4, -0.2) is 16.6 Å². The van der Waals surface area contributed by atoms with Gasteiger partial charge in [0.2, 0.25) is 5.78 Å². The van der Waals surface area contributed by atoms with E-state index in [1.54, 1.807) is 22.9 Å². The molecule has 3 nitrogen and oxygen atoms in total. The Hall–Kier alpha value is -1.38. The molecule has 0 aliphatic rings. The Kier molecular flexibility index (Phi) is 2.21. The zero-order valence-electron chi connectivity index (χ0n) is 6.28. The van der Waals surface area contributed by atoms with Crippen molar-refractivity contribution in [2.45, 2.75) is 13.5 Å². The first-order valence-corrected chi connectivity index (χ1v) is 3.44. The summed E-state index contributed by atoms with van der Waals surface area (Å²) in [6.45, 7) is 2.63. The Labute approximate surface area is 64.6 Å². The molecule has 0 radical (unpaired) electrons. The summed E-state index contributed by atoms with van der Waals surface area (Å²) >= 11 is 0.